The molecule has 1 amide bonds. The molecule has 0 bridgehead atoms. The molecular weight excluding hydrogens is 598 g/mol. The smallest absolute Gasteiger partial charge is 0.343 e. The Morgan fingerprint density at radius 1 is 0.867 bits per heavy atom. The summed E-state index contributed by atoms with van der Waals surface area (Å²) < 4.78 is 27.4. The topological polar surface area (TPSA) is 120 Å². The summed E-state index contributed by atoms with van der Waals surface area (Å²) in [6.45, 7) is 2.12. The predicted octanol–water partition coefficient (Wildman–Crippen LogP) is 6.90. The van der Waals surface area contributed by atoms with Gasteiger partial charge < -0.3 is 28.7 Å². The molecular formula is C34H30ClN3O7. The van der Waals surface area contributed by atoms with Crippen LogP contribution in [0.2, 0.25) is 5.02 Å². The Labute approximate surface area is 264 Å². The lowest BCUT2D eigenvalue weighted by Gasteiger charge is -2.15. The van der Waals surface area contributed by atoms with Crippen LogP contribution < -0.4 is 29.1 Å². The highest BCUT2D eigenvalue weighted by atomic mass is 35.5. The van der Waals surface area contributed by atoms with E-state index in [9.17, 15) is 9.59 Å². The van der Waals surface area contributed by atoms with E-state index < -0.39 is 11.9 Å². The number of carbonyl (C=O) groups excluding carboxylic acids is 2. The van der Waals surface area contributed by atoms with Gasteiger partial charge in [0, 0.05) is 27.1 Å². The minimum atomic E-state index is -0.656. The fraction of sp³-hybridized carbons (Fsp3) is 0.147. The van der Waals surface area contributed by atoms with Crippen molar-refractivity contribution in [1.29, 1.82) is 0 Å². The first-order valence-electron chi connectivity index (χ1n) is 13.9. The monoisotopic (exact) mass is 627 g/mol. The molecule has 0 aliphatic carbocycles. The van der Waals surface area contributed by atoms with Crippen molar-refractivity contribution in [3.05, 3.63) is 101 Å². The fourth-order valence-electron chi connectivity index (χ4n) is 4.79. The summed E-state index contributed by atoms with van der Waals surface area (Å²) in [5.74, 6) is 0.383. The van der Waals surface area contributed by atoms with Gasteiger partial charge in [-0.1, -0.05) is 48.0 Å². The zero-order chi connectivity index (χ0) is 31.9. The first-order chi connectivity index (χ1) is 21.9. The number of hydrazone groups is 1. The number of amides is 1. The average Bonchev–Trinajstić information content (AvgIpc) is 3.45. The second-order valence-corrected chi connectivity index (χ2v) is 9.95. The molecule has 0 atom stereocenters. The lowest BCUT2D eigenvalue weighted by atomic mass is 10.0. The van der Waals surface area contributed by atoms with Gasteiger partial charge in [0.15, 0.2) is 23.0 Å². The number of carbonyl (C=O) groups is 2. The van der Waals surface area contributed by atoms with Crippen molar-refractivity contribution in [1.82, 2.24) is 10.4 Å². The molecule has 0 spiro atoms. The van der Waals surface area contributed by atoms with Crippen LogP contribution in [-0.2, 0) is 0 Å². The first kappa shape index (κ1) is 31.0. The standard InChI is InChI=1S/C34H30ClN3O7/c1-5-44-27-16-20(14-15-26(27)45-34(40)21-17-28(41-2)32(43-4)29(18-21)42-3)19-36-38-33(39)31-30(22-10-6-8-12-24(22)35)23-11-7-9-13-25(23)37-31/h6-19,37H,5H2,1-4H3,(H,38,39). The molecule has 0 radical (unpaired) electrons. The SMILES string of the molecule is CCOc1cc(C=NNC(=O)c2[nH]c3ccccc3c2-c2ccccc2Cl)ccc1OC(=O)c1cc(OC)c(OC)c(OC)c1. The second kappa shape index (κ2) is 13.9. The van der Waals surface area contributed by atoms with Gasteiger partial charge in [-0.2, -0.15) is 5.10 Å². The summed E-state index contributed by atoms with van der Waals surface area (Å²) in [4.78, 5) is 29.6. The first-order valence-corrected chi connectivity index (χ1v) is 14.2. The third kappa shape index (κ3) is 6.56. The van der Waals surface area contributed by atoms with Crippen molar-refractivity contribution in [2.24, 2.45) is 5.10 Å². The maximum absolute atomic E-state index is 13.3. The number of esters is 1. The molecule has 0 aliphatic rings. The Morgan fingerprint density at radius 3 is 2.27 bits per heavy atom. The van der Waals surface area contributed by atoms with Crippen LogP contribution in [0, 0.1) is 0 Å². The molecule has 230 valence electrons. The molecule has 2 N–H and O–H groups in total. The number of methoxy groups -OCH3 is 3. The molecule has 0 saturated carbocycles. The Balaban J connectivity index is 1.36. The number of H-pyrrole nitrogens is 1. The maximum atomic E-state index is 13.3. The van der Waals surface area contributed by atoms with Gasteiger partial charge in [-0.3, -0.25) is 4.79 Å². The molecule has 5 aromatic rings. The Kier molecular flexibility index (Phi) is 9.54. The van der Waals surface area contributed by atoms with Crippen molar-refractivity contribution >= 4 is 40.6 Å². The lowest BCUT2D eigenvalue weighted by molar-refractivity contribution is 0.0727. The number of fused-ring (bicyclic) bond motifs is 1. The third-order valence-electron chi connectivity index (χ3n) is 6.83. The van der Waals surface area contributed by atoms with Crippen LogP contribution in [0.15, 0.2) is 84.0 Å². The van der Waals surface area contributed by atoms with Crippen LogP contribution in [0.5, 0.6) is 28.7 Å². The molecule has 45 heavy (non-hydrogen) atoms. The molecule has 4 aromatic carbocycles. The van der Waals surface area contributed by atoms with E-state index >= 15 is 0 Å². The van der Waals surface area contributed by atoms with Gasteiger partial charge in [0.2, 0.25) is 5.75 Å². The molecule has 1 aromatic heterocycles. The minimum Gasteiger partial charge on any atom is -0.493 e. The Morgan fingerprint density at radius 2 is 1.58 bits per heavy atom. The molecule has 5 rings (SSSR count). The van der Waals surface area contributed by atoms with Crippen LogP contribution in [0.3, 0.4) is 0 Å². The third-order valence-corrected chi connectivity index (χ3v) is 7.16. The van der Waals surface area contributed by atoms with Crippen molar-refractivity contribution in [3.8, 4) is 39.9 Å². The number of benzene rings is 4. The van der Waals surface area contributed by atoms with E-state index in [1.54, 1.807) is 24.3 Å². The zero-order valence-electron chi connectivity index (χ0n) is 25.0. The van der Waals surface area contributed by atoms with E-state index in [-0.39, 0.29) is 11.3 Å². The maximum Gasteiger partial charge on any atom is 0.343 e. The van der Waals surface area contributed by atoms with Crippen molar-refractivity contribution in [3.63, 3.8) is 0 Å². The number of halogens is 1. The Hall–Kier alpha value is -5.48. The lowest BCUT2D eigenvalue weighted by Crippen LogP contribution is -2.19. The minimum absolute atomic E-state index is 0.188. The summed E-state index contributed by atoms with van der Waals surface area (Å²) in [6.07, 6.45) is 1.46. The van der Waals surface area contributed by atoms with Gasteiger partial charge >= 0.3 is 5.97 Å². The summed E-state index contributed by atoms with van der Waals surface area (Å²) in [5, 5.41) is 5.54. The van der Waals surface area contributed by atoms with E-state index in [1.165, 1.54) is 39.7 Å². The van der Waals surface area contributed by atoms with Crippen LogP contribution >= 0.6 is 11.6 Å². The van der Waals surface area contributed by atoms with Gasteiger partial charge in [-0.25, -0.2) is 10.2 Å². The number of aromatic nitrogens is 1. The van der Waals surface area contributed by atoms with Crippen LogP contribution in [0.25, 0.3) is 22.0 Å². The van der Waals surface area contributed by atoms with Crippen molar-refractivity contribution < 1.29 is 33.3 Å². The highest BCUT2D eigenvalue weighted by molar-refractivity contribution is 6.34. The number of hydrogen-bond donors (Lipinski definition) is 2. The molecule has 11 heteroatoms. The van der Waals surface area contributed by atoms with E-state index in [4.69, 9.17) is 35.3 Å². The number of nitrogens with one attached hydrogen (secondary N) is 2. The predicted molar refractivity (Wildman–Crippen MR) is 172 cm³/mol. The van der Waals surface area contributed by atoms with E-state index in [0.717, 1.165) is 16.5 Å². The fourth-order valence-corrected chi connectivity index (χ4v) is 5.02. The molecule has 0 unspecified atom stereocenters. The van der Waals surface area contributed by atoms with Gasteiger partial charge in [0.1, 0.15) is 5.69 Å². The summed E-state index contributed by atoms with van der Waals surface area (Å²) in [6, 6.07) is 22.8. The molecule has 10 nitrogen and oxygen atoms in total. The number of para-hydroxylation sites is 1. The quantitative estimate of drug-likeness (QED) is 0.0707. The van der Waals surface area contributed by atoms with E-state index in [0.29, 0.717) is 51.4 Å². The van der Waals surface area contributed by atoms with E-state index in [2.05, 4.69) is 15.5 Å². The van der Waals surface area contributed by atoms with Gasteiger partial charge in [-0.05, 0) is 55.0 Å². The largest absolute Gasteiger partial charge is 0.493 e. The van der Waals surface area contributed by atoms with Gasteiger partial charge in [0.05, 0.1) is 39.7 Å². The summed E-state index contributed by atoms with van der Waals surface area (Å²) in [5.41, 5.74) is 5.89. The highest BCUT2D eigenvalue weighted by Crippen LogP contribution is 2.39. The van der Waals surface area contributed by atoms with Crippen LogP contribution in [0.1, 0.15) is 33.3 Å². The molecule has 0 fully saturated rings. The van der Waals surface area contributed by atoms with Gasteiger partial charge in [-0.15, -0.1) is 0 Å². The Bertz CT molecular complexity index is 1880. The highest BCUT2D eigenvalue weighted by Gasteiger charge is 2.22. The number of ether oxygens (including phenoxy) is 5. The summed E-state index contributed by atoms with van der Waals surface area (Å²) >= 11 is 6.50. The molecule has 0 saturated heterocycles. The van der Waals surface area contributed by atoms with Gasteiger partial charge in [0.25, 0.3) is 5.91 Å². The van der Waals surface area contributed by atoms with Crippen LogP contribution in [0.4, 0.5) is 0 Å². The zero-order valence-corrected chi connectivity index (χ0v) is 25.7. The number of hydrogen-bond acceptors (Lipinski definition) is 8. The summed E-state index contributed by atoms with van der Waals surface area (Å²) in [7, 11) is 4.39. The van der Waals surface area contributed by atoms with E-state index in [1.807, 2.05) is 49.4 Å². The number of nitrogens with zero attached hydrogens (tertiary/aromatic N) is 1. The van der Waals surface area contributed by atoms with Crippen molar-refractivity contribution in [2.75, 3.05) is 27.9 Å². The average molecular weight is 628 g/mol. The molecule has 0 aliphatic heterocycles. The van der Waals surface area contributed by atoms with Crippen molar-refractivity contribution in [2.45, 2.75) is 6.92 Å². The van der Waals surface area contributed by atoms with Crippen LogP contribution in [-0.4, -0.2) is 51.0 Å². The normalized spacial score (nSPS) is 11.0. The molecule has 1 heterocycles. The number of rotatable bonds is 11. The number of aromatic amines is 1. The second-order valence-electron chi connectivity index (χ2n) is 9.54.